The highest BCUT2D eigenvalue weighted by molar-refractivity contribution is 14.1. The number of carbonyl (C=O) groups excluding carboxylic acids is 1. The summed E-state index contributed by atoms with van der Waals surface area (Å²) < 4.78 is 44.3. The molecule has 2 atom stereocenters. The average molecular weight is 511 g/mol. The lowest BCUT2D eigenvalue weighted by atomic mass is 10.1. The minimum atomic E-state index is -4.52. The number of rotatable bonds is 5. The number of hydrogen-bond acceptors (Lipinski definition) is 3. The smallest absolute Gasteiger partial charge is 0.416 e. The van der Waals surface area contributed by atoms with Gasteiger partial charge in [-0.05, 0) is 65.4 Å². The van der Waals surface area contributed by atoms with Crippen LogP contribution in [0.3, 0.4) is 0 Å². The Bertz CT molecular complexity index is 929. The predicted octanol–water partition coefficient (Wildman–Crippen LogP) is 5.66. The van der Waals surface area contributed by atoms with Gasteiger partial charge in [0.05, 0.1) is 16.5 Å². The van der Waals surface area contributed by atoms with E-state index < -0.39 is 29.5 Å². The minimum Gasteiger partial charge on any atom is -0.481 e. The maximum Gasteiger partial charge on any atom is 0.416 e. The summed E-state index contributed by atoms with van der Waals surface area (Å²) in [6.07, 6.45) is -4.23. The highest BCUT2D eigenvalue weighted by atomic mass is 127. The summed E-state index contributed by atoms with van der Waals surface area (Å²) in [5, 5.41) is 8.76. The lowest BCUT2D eigenvalue weighted by Gasteiger charge is -2.12. The molecule has 4 nitrogen and oxygen atoms in total. The SMILES string of the molecule is O=C(O)[C@@H]1C[C@H]1C(=O)c1cc(Oc2ccc(C(F)(F)F)cc2Cl)ccc1I. The quantitative estimate of drug-likeness (QED) is 0.417. The number of ketones is 1. The summed E-state index contributed by atoms with van der Waals surface area (Å²) in [4.78, 5) is 23.5. The van der Waals surface area contributed by atoms with E-state index in [-0.39, 0.29) is 22.3 Å². The minimum absolute atomic E-state index is 0.0131. The average Bonchev–Trinajstić information content (AvgIpc) is 3.37. The van der Waals surface area contributed by atoms with Crippen LogP contribution in [0.1, 0.15) is 22.3 Å². The maximum absolute atomic E-state index is 12.7. The van der Waals surface area contributed by atoms with Crippen LogP contribution >= 0.6 is 34.2 Å². The van der Waals surface area contributed by atoms with Crippen LogP contribution in [-0.2, 0) is 11.0 Å². The topological polar surface area (TPSA) is 63.6 Å². The van der Waals surface area contributed by atoms with E-state index in [1.54, 1.807) is 12.1 Å². The number of alkyl halides is 3. The number of halogens is 5. The number of Topliss-reactive ketones (excluding diaryl/α,β-unsaturated/α-hetero) is 1. The lowest BCUT2D eigenvalue weighted by molar-refractivity contribution is -0.139. The van der Waals surface area contributed by atoms with Crippen molar-refractivity contribution >= 4 is 45.9 Å². The summed E-state index contributed by atoms with van der Waals surface area (Å²) in [5.41, 5.74) is -0.586. The number of carboxylic acids is 1. The lowest BCUT2D eigenvalue weighted by Crippen LogP contribution is -2.09. The Balaban J connectivity index is 1.83. The second kappa shape index (κ2) is 7.31. The highest BCUT2D eigenvalue weighted by Crippen LogP contribution is 2.42. The van der Waals surface area contributed by atoms with Crippen LogP contribution in [-0.4, -0.2) is 16.9 Å². The normalized spacial score (nSPS) is 18.9. The van der Waals surface area contributed by atoms with E-state index >= 15 is 0 Å². The van der Waals surface area contributed by atoms with Gasteiger partial charge in [0.2, 0.25) is 0 Å². The molecule has 2 aromatic rings. The molecular formula is C18H11ClF3IO4. The van der Waals surface area contributed by atoms with E-state index in [4.69, 9.17) is 21.4 Å². The first-order chi connectivity index (χ1) is 12.6. The summed E-state index contributed by atoms with van der Waals surface area (Å²) in [6.45, 7) is 0. The van der Waals surface area contributed by atoms with Gasteiger partial charge in [0.25, 0.3) is 0 Å². The van der Waals surface area contributed by atoms with Crippen LogP contribution in [0.25, 0.3) is 0 Å². The third-order valence-corrected chi connectivity index (χ3v) is 5.37. The standard InChI is InChI=1S/C18H11ClF3IO4/c19-13-5-8(18(20,21)22)1-4-15(13)27-9-2-3-14(23)12(6-9)16(24)10-7-11(10)17(25)26/h1-6,10-11H,7H2,(H,25,26)/t10-,11-/m1/s1. The number of hydrogen-bond donors (Lipinski definition) is 1. The molecule has 0 bridgehead atoms. The number of benzene rings is 2. The molecule has 1 saturated carbocycles. The van der Waals surface area contributed by atoms with Gasteiger partial charge >= 0.3 is 12.1 Å². The van der Waals surface area contributed by atoms with Crippen LogP contribution in [0, 0.1) is 15.4 Å². The molecule has 1 N–H and O–H groups in total. The summed E-state index contributed by atoms with van der Waals surface area (Å²) in [7, 11) is 0. The predicted molar refractivity (Wildman–Crippen MR) is 99.3 cm³/mol. The van der Waals surface area contributed by atoms with Crippen molar-refractivity contribution in [3.8, 4) is 11.5 Å². The highest BCUT2D eigenvalue weighted by Gasteiger charge is 2.48. The molecule has 0 aromatic heterocycles. The molecule has 2 aromatic carbocycles. The first-order valence-corrected chi connectivity index (χ1v) is 9.14. The van der Waals surface area contributed by atoms with Gasteiger partial charge < -0.3 is 9.84 Å². The second-order valence-electron chi connectivity index (χ2n) is 6.04. The Labute approximate surface area is 170 Å². The maximum atomic E-state index is 12.7. The van der Waals surface area contributed by atoms with Gasteiger partial charge in [-0.1, -0.05) is 11.6 Å². The molecule has 0 unspecified atom stereocenters. The zero-order chi connectivity index (χ0) is 19.9. The number of aliphatic carboxylic acids is 1. The molecule has 0 spiro atoms. The van der Waals surface area contributed by atoms with E-state index in [0.29, 0.717) is 15.6 Å². The molecule has 0 saturated heterocycles. The van der Waals surface area contributed by atoms with Crippen LogP contribution in [0.4, 0.5) is 13.2 Å². The molecular weight excluding hydrogens is 500 g/mol. The summed E-state index contributed by atoms with van der Waals surface area (Å²) in [6, 6.07) is 7.31. The molecule has 3 rings (SSSR count). The molecule has 0 radical (unpaired) electrons. The summed E-state index contributed by atoms with van der Waals surface area (Å²) >= 11 is 7.83. The van der Waals surface area contributed by atoms with Crippen LogP contribution < -0.4 is 4.74 Å². The molecule has 0 aliphatic heterocycles. The Morgan fingerprint density at radius 1 is 1.15 bits per heavy atom. The molecule has 1 aliphatic carbocycles. The fourth-order valence-corrected chi connectivity index (χ4v) is 3.42. The molecule has 9 heteroatoms. The Morgan fingerprint density at radius 2 is 1.85 bits per heavy atom. The van der Waals surface area contributed by atoms with Gasteiger partial charge in [-0.3, -0.25) is 9.59 Å². The van der Waals surface area contributed by atoms with Gasteiger partial charge in [0.15, 0.2) is 5.78 Å². The third-order valence-electron chi connectivity index (χ3n) is 4.13. The van der Waals surface area contributed by atoms with Crippen molar-refractivity contribution in [2.45, 2.75) is 12.6 Å². The van der Waals surface area contributed by atoms with Gasteiger partial charge in [-0.2, -0.15) is 13.2 Å². The monoisotopic (exact) mass is 510 g/mol. The van der Waals surface area contributed by atoms with E-state index in [2.05, 4.69) is 0 Å². The van der Waals surface area contributed by atoms with Crippen molar-refractivity contribution < 1.29 is 32.6 Å². The van der Waals surface area contributed by atoms with Gasteiger partial charge in [0.1, 0.15) is 11.5 Å². The van der Waals surface area contributed by atoms with E-state index in [1.165, 1.54) is 6.07 Å². The number of carboxylic acid groups (broad SMARTS) is 1. The van der Waals surface area contributed by atoms with Gasteiger partial charge in [-0.25, -0.2) is 0 Å². The van der Waals surface area contributed by atoms with Crippen LogP contribution in [0.15, 0.2) is 36.4 Å². The van der Waals surface area contributed by atoms with Crippen molar-refractivity contribution in [3.63, 3.8) is 0 Å². The fourth-order valence-electron chi connectivity index (χ4n) is 2.60. The molecule has 1 aliphatic rings. The summed E-state index contributed by atoms with van der Waals surface area (Å²) in [5.74, 6) is -2.32. The number of ether oxygens (including phenoxy) is 1. The van der Waals surface area contributed by atoms with Gasteiger partial charge in [-0.15, -0.1) is 0 Å². The van der Waals surface area contributed by atoms with Crippen LogP contribution in [0.5, 0.6) is 11.5 Å². The van der Waals surface area contributed by atoms with E-state index in [1.807, 2.05) is 22.6 Å². The number of carbonyl (C=O) groups is 2. The van der Waals surface area contributed by atoms with Crippen molar-refractivity contribution in [2.75, 3.05) is 0 Å². The largest absolute Gasteiger partial charge is 0.481 e. The van der Waals surface area contributed by atoms with Crippen molar-refractivity contribution in [3.05, 3.63) is 56.1 Å². The zero-order valence-electron chi connectivity index (χ0n) is 13.4. The van der Waals surface area contributed by atoms with Crippen molar-refractivity contribution in [1.29, 1.82) is 0 Å². The first-order valence-electron chi connectivity index (χ1n) is 7.69. The van der Waals surface area contributed by atoms with Gasteiger partial charge in [0, 0.05) is 15.1 Å². The molecule has 1 fully saturated rings. The molecule has 142 valence electrons. The Kier molecular flexibility index (Phi) is 5.40. The van der Waals surface area contributed by atoms with Crippen LogP contribution in [0.2, 0.25) is 5.02 Å². The van der Waals surface area contributed by atoms with E-state index in [9.17, 15) is 22.8 Å². The van der Waals surface area contributed by atoms with E-state index in [0.717, 1.165) is 18.2 Å². The second-order valence-corrected chi connectivity index (χ2v) is 7.61. The fraction of sp³-hybridized carbons (Fsp3) is 0.222. The zero-order valence-corrected chi connectivity index (χ0v) is 16.3. The third kappa shape index (κ3) is 4.37. The first kappa shape index (κ1) is 19.9. The Hall–Kier alpha value is -1.81. The Morgan fingerprint density at radius 3 is 2.41 bits per heavy atom. The molecule has 0 heterocycles. The van der Waals surface area contributed by atoms with Crippen molar-refractivity contribution in [2.24, 2.45) is 11.8 Å². The van der Waals surface area contributed by atoms with Crippen molar-refractivity contribution in [1.82, 2.24) is 0 Å². The molecule has 0 amide bonds. The molecule has 27 heavy (non-hydrogen) atoms.